The lowest BCUT2D eigenvalue weighted by molar-refractivity contribution is -0.129. The number of carbonyl (C=O) groups is 1. The first kappa shape index (κ1) is 21.5. The minimum atomic E-state index is -3.93. The molecule has 162 valence electrons. The van der Waals surface area contributed by atoms with Crippen molar-refractivity contribution in [1.82, 2.24) is 14.6 Å². The number of aromatic hydroxyl groups is 1. The van der Waals surface area contributed by atoms with Crippen LogP contribution in [0.3, 0.4) is 0 Å². The van der Waals surface area contributed by atoms with E-state index in [1.165, 1.54) is 17.0 Å². The molecule has 4 rings (SSSR count). The number of phenols is 1. The second kappa shape index (κ2) is 8.08. The number of benzene rings is 1. The molecule has 1 fully saturated rings. The zero-order valence-electron chi connectivity index (χ0n) is 16.0. The van der Waals surface area contributed by atoms with Gasteiger partial charge >= 0.3 is 0 Å². The molecule has 9 nitrogen and oxygen atoms in total. The number of fused-ring (bicyclic) bond motifs is 1. The normalized spacial score (nSPS) is 16.9. The highest BCUT2D eigenvalue weighted by Crippen LogP contribution is 2.30. The first-order valence-corrected chi connectivity index (χ1v) is 11.9. The molecule has 0 radical (unpaired) electrons. The van der Waals surface area contributed by atoms with Crippen LogP contribution in [0, 0.1) is 5.41 Å². The monoisotopic (exact) mass is 479 g/mol. The third-order valence-corrected chi connectivity index (χ3v) is 8.19. The minimum absolute atomic E-state index is 0.0512. The van der Waals surface area contributed by atoms with Crippen molar-refractivity contribution >= 4 is 54.9 Å². The van der Waals surface area contributed by atoms with Crippen LogP contribution < -0.4 is 10.5 Å². The fourth-order valence-corrected chi connectivity index (χ4v) is 6.12. The van der Waals surface area contributed by atoms with E-state index < -0.39 is 22.0 Å². The van der Waals surface area contributed by atoms with Crippen LogP contribution in [0.2, 0.25) is 5.15 Å². The third kappa shape index (κ3) is 4.22. The Labute approximate surface area is 187 Å². The van der Waals surface area contributed by atoms with Crippen molar-refractivity contribution in [3.05, 3.63) is 52.7 Å². The van der Waals surface area contributed by atoms with Gasteiger partial charge in [0.2, 0.25) is 5.91 Å². The predicted octanol–water partition coefficient (Wildman–Crippen LogP) is 2.02. The van der Waals surface area contributed by atoms with E-state index in [2.05, 4.69) is 9.71 Å². The van der Waals surface area contributed by atoms with Crippen LogP contribution >= 0.6 is 22.9 Å². The lowest BCUT2D eigenvalue weighted by atomic mass is 10.1. The van der Waals surface area contributed by atoms with E-state index >= 15 is 0 Å². The number of amides is 1. The number of carbonyl (C=O) groups excluding carboxylic acids is 1. The van der Waals surface area contributed by atoms with Crippen LogP contribution in [0.15, 0.2) is 40.6 Å². The summed E-state index contributed by atoms with van der Waals surface area (Å²) in [7, 11) is -3.93. The topological polar surface area (TPSA) is 149 Å². The fourth-order valence-electron chi connectivity index (χ4n) is 3.40. The van der Waals surface area contributed by atoms with E-state index in [1.54, 1.807) is 24.3 Å². The number of nitrogens with zero attached hydrogens (tertiary/aromatic N) is 2. The molecule has 1 amide bonds. The van der Waals surface area contributed by atoms with Crippen LogP contribution in [-0.2, 0) is 21.4 Å². The molecule has 1 saturated heterocycles. The van der Waals surface area contributed by atoms with Crippen molar-refractivity contribution in [1.29, 1.82) is 5.41 Å². The van der Waals surface area contributed by atoms with Gasteiger partial charge in [0.05, 0.1) is 15.8 Å². The van der Waals surface area contributed by atoms with Crippen LogP contribution in [0.5, 0.6) is 5.75 Å². The smallest absolute Gasteiger partial charge is 0.250 e. The molecule has 0 bridgehead atoms. The molecule has 0 unspecified atom stereocenters. The van der Waals surface area contributed by atoms with E-state index in [4.69, 9.17) is 22.7 Å². The SMILES string of the molecule is N=C(N)c1cccc(CN2CC[C@H](NS(=O)(=O)c3cc4nc(Cl)ccc4s3)C2=O)c1O. The molecule has 1 aromatic carbocycles. The summed E-state index contributed by atoms with van der Waals surface area (Å²) in [5.41, 5.74) is 6.54. The highest BCUT2D eigenvalue weighted by molar-refractivity contribution is 7.91. The molecule has 0 spiro atoms. The molecule has 1 atom stereocenters. The summed E-state index contributed by atoms with van der Waals surface area (Å²) in [5, 5.41) is 18.1. The molecule has 5 N–H and O–H groups in total. The minimum Gasteiger partial charge on any atom is -0.507 e. The molecule has 1 aliphatic heterocycles. The van der Waals surface area contributed by atoms with E-state index in [1.807, 2.05) is 0 Å². The summed E-state index contributed by atoms with van der Waals surface area (Å²) in [6.07, 6.45) is 0.292. The Balaban J connectivity index is 1.50. The van der Waals surface area contributed by atoms with Gasteiger partial charge < -0.3 is 15.7 Å². The van der Waals surface area contributed by atoms with Gasteiger partial charge in [-0.3, -0.25) is 10.2 Å². The zero-order chi connectivity index (χ0) is 22.3. The van der Waals surface area contributed by atoms with Crippen molar-refractivity contribution in [3.63, 3.8) is 0 Å². The molecule has 3 heterocycles. The second-order valence-electron chi connectivity index (χ2n) is 7.03. The van der Waals surface area contributed by atoms with E-state index in [0.717, 1.165) is 11.3 Å². The van der Waals surface area contributed by atoms with Gasteiger partial charge in [0, 0.05) is 18.7 Å². The van der Waals surface area contributed by atoms with Gasteiger partial charge in [0.15, 0.2) is 0 Å². The largest absolute Gasteiger partial charge is 0.507 e. The molecule has 3 aromatic rings. The molecule has 0 saturated carbocycles. The first-order valence-electron chi connectivity index (χ1n) is 9.18. The van der Waals surface area contributed by atoms with Crippen molar-refractivity contribution in [2.75, 3.05) is 6.54 Å². The van der Waals surface area contributed by atoms with E-state index in [-0.39, 0.29) is 33.1 Å². The van der Waals surface area contributed by atoms with Gasteiger partial charge in [-0.25, -0.2) is 13.4 Å². The van der Waals surface area contributed by atoms with Gasteiger partial charge in [-0.05, 0) is 30.7 Å². The van der Waals surface area contributed by atoms with Gasteiger partial charge in [-0.1, -0.05) is 23.7 Å². The number of phenolic OH excluding ortho intramolecular Hbond substituents is 1. The Morgan fingerprint density at radius 2 is 2.16 bits per heavy atom. The summed E-state index contributed by atoms with van der Waals surface area (Å²) < 4.78 is 28.8. The first-order chi connectivity index (χ1) is 14.7. The number of hydrogen-bond donors (Lipinski definition) is 4. The highest BCUT2D eigenvalue weighted by Gasteiger charge is 2.35. The van der Waals surface area contributed by atoms with Crippen molar-refractivity contribution in [2.45, 2.75) is 23.2 Å². The quantitative estimate of drug-likeness (QED) is 0.241. The lowest BCUT2D eigenvalue weighted by Crippen LogP contribution is -2.41. The number of likely N-dealkylation sites (tertiary alicyclic amines) is 1. The van der Waals surface area contributed by atoms with E-state index in [9.17, 15) is 18.3 Å². The Kier molecular flexibility index (Phi) is 5.60. The molecule has 12 heteroatoms. The molecule has 31 heavy (non-hydrogen) atoms. The van der Waals surface area contributed by atoms with Crippen LogP contribution in [0.4, 0.5) is 0 Å². The Morgan fingerprint density at radius 3 is 2.90 bits per heavy atom. The average molecular weight is 480 g/mol. The van der Waals surface area contributed by atoms with E-state index in [0.29, 0.717) is 28.7 Å². The van der Waals surface area contributed by atoms with Gasteiger partial charge in [-0.15, -0.1) is 11.3 Å². The van der Waals surface area contributed by atoms with Crippen LogP contribution in [-0.4, -0.2) is 47.7 Å². The maximum Gasteiger partial charge on any atom is 0.250 e. The summed E-state index contributed by atoms with van der Waals surface area (Å²) in [6, 6.07) is 8.56. The molecule has 1 aliphatic rings. The summed E-state index contributed by atoms with van der Waals surface area (Å²) >= 11 is 6.91. The molecular weight excluding hydrogens is 462 g/mol. The maximum absolute atomic E-state index is 12.8. The zero-order valence-corrected chi connectivity index (χ0v) is 18.4. The standard InChI is InChI=1S/C19H18ClN5O4S2/c20-15-5-4-14-13(23-15)8-16(30-14)31(28,29)24-12-6-7-25(19(12)27)9-10-2-1-3-11(17(10)26)18(21)22/h1-5,8,12,24,26H,6-7,9H2,(H3,21,22)/t12-/m0/s1. The number of nitrogen functional groups attached to an aromatic ring is 1. The number of thiophene rings is 1. The van der Waals surface area contributed by atoms with Gasteiger partial charge in [0.1, 0.15) is 27.0 Å². The predicted molar refractivity (Wildman–Crippen MR) is 118 cm³/mol. The number of nitrogens with two attached hydrogens (primary N) is 1. The van der Waals surface area contributed by atoms with Crippen LogP contribution in [0.1, 0.15) is 17.5 Å². The number of para-hydroxylation sites is 1. The Hall–Kier alpha value is -2.73. The molecule has 0 aliphatic carbocycles. The number of hydrogen-bond acceptors (Lipinski definition) is 7. The summed E-state index contributed by atoms with van der Waals surface area (Å²) in [6.45, 7) is 0.397. The maximum atomic E-state index is 12.8. The fraction of sp³-hybridized carbons (Fsp3) is 0.211. The van der Waals surface area contributed by atoms with Crippen molar-refractivity contribution in [3.8, 4) is 5.75 Å². The third-order valence-electron chi connectivity index (χ3n) is 4.95. The Morgan fingerprint density at radius 1 is 1.39 bits per heavy atom. The molecular formula is C19H18ClN5O4S2. The highest BCUT2D eigenvalue weighted by atomic mass is 35.5. The second-order valence-corrected chi connectivity index (χ2v) is 10.4. The van der Waals surface area contributed by atoms with Gasteiger partial charge in [-0.2, -0.15) is 4.72 Å². The number of pyridine rings is 1. The van der Waals surface area contributed by atoms with Gasteiger partial charge in [0.25, 0.3) is 10.0 Å². The summed E-state index contributed by atoms with van der Waals surface area (Å²) in [4.78, 5) is 18.4. The lowest BCUT2D eigenvalue weighted by Gasteiger charge is -2.18. The number of sulfonamides is 1. The van der Waals surface area contributed by atoms with Crippen molar-refractivity contribution < 1.29 is 18.3 Å². The van der Waals surface area contributed by atoms with Crippen LogP contribution in [0.25, 0.3) is 10.2 Å². The summed E-state index contributed by atoms with van der Waals surface area (Å²) in [5.74, 6) is -0.835. The Bertz CT molecular complexity index is 1310. The number of aromatic nitrogens is 1. The average Bonchev–Trinajstić information content (AvgIpc) is 3.28. The number of amidine groups is 1. The number of rotatable bonds is 6. The number of halogens is 1. The molecule has 2 aromatic heterocycles. The van der Waals surface area contributed by atoms with Crippen molar-refractivity contribution in [2.24, 2.45) is 5.73 Å². The number of nitrogens with one attached hydrogen (secondary N) is 2.